The molecule has 0 nitrogen and oxygen atoms in total. The first kappa shape index (κ1) is 17.7. The molecule has 0 fully saturated rings. The van der Waals surface area contributed by atoms with Crippen LogP contribution >= 0.6 is 0 Å². The maximum Gasteiger partial charge on any atom is 1.00 e. The summed E-state index contributed by atoms with van der Waals surface area (Å²) in [5.41, 5.74) is 5.04. The second-order valence-corrected chi connectivity index (χ2v) is 6.91. The Morgan fingerprint density at radius 3 is 1.74 bits per heavy atom. The third-order valence-corrected chi connectivity index (χ3v) is 4.69. The fourth-order valence-electron chi connectivity index (χ4n) is 3.62. The summed E-state index contributed by atoms with van der Waals surface area (Å²) in [5, 5.41) is 0. The average molecular weight is 292 g/mol. The topological polar surface area (TPSA) is 0 Å². The summed E-state index contributed by atoms with van der Waals surface area (Å²) in [7, 11) is 0. The first-order chi connectivity index (χ1) is 10.4. The number of rotatable bonds is 0. The summed E-state index contributed by atoms with van der Waals surface area (Å²) in [5.74, 6) is 6.34. The standard InChI is InChI=1S/C22H21.Li/c1-21(2)18-14-8-9-15-19(18)22(3,4)20(21)16-10-13-17-11-6-5-7-12-17;/h5-9,11-12,14-15H,1-4H3;/q-1;+1. The third kappa shape index (κ3) is 3.05. The molecule has 0 spiro atoms. The molecule has 0 amide bonds. The molecule has 0 atom stereocenters. The van der Waals surface area contributed by atoms with Crippen LogP contribution in [0.1, 0.15) is 44.4 Å². The van der Waals surface area contributed by atoms with Gasteiger partial charge in [-0.1, -0.05) is 87.9 Å². The van der Waals surface area contributed by atoms with Crippen molar-refractivity contribution in [3.05, 3.63) is 82.9 Å². The summed E-state index contributed by atoms with van der Waals surface area (Å²) in [6, 6.07) is 18.8. The second kappa shape index (κ2) is 6.45. The largest absolute Gasteiger partial charge is 1.00 e. The fraction of sp³-hybridized carbons (Fsp3) is 0.273. The van der Waals surface area contributed by atoms with Crippen LogP contribution in [0.15, 0.2) is 60.2 Å². The van der Waals surface area contributed by atoms with Crippen LogP contribution in [0.3, 0.4) is 0 Å². The van der Waals surface area contributed by atoms with E-state index in [0.717, 1.165) is 5.56 Å². The molecular formula is C22H21Li. The Balaban J connectivity index is 0.00000192. The predicted molar refractivity (Wildman–Crippen MR) is 92.6 cm³/mol. The van der Waals surface area contributed by atoms with Crippen molar-refractivity contribution in [2.75, 3.05) is 0 Å². The second-order valence-electron chi connectivity index (χ2n) is 6.91. The molecule has 0 saturated carbocycles. The zero-order valence-electron chi connectivity index (χ0n) is 14.7. The van der Waals surface area contributed by atoms with Crippen LogP contribution in [0.4, 0.5) is 0 Å². The Morgan fingerprint density at radius 2 is 1.22 bits per heavy atom. The van der Waals surface area contributed by atoms with Gasteiger partial charge in [-0.05, 0) is 22.0 Å². The van der Waals surface area contributed by atoms with E-state index in [1.165, 1.54) is 16.7 Å². The number of fused-ring (bicyclic) bond motifs is 1. The fourth-order valence-corrected chi connectivity index (χ4v) is 3.62. The van der Waals surface area contributed by atoms with Crippen molar-refractivity contribution in [3.8, 4) is 11.8 Å². The smallest absolute Gasteiger partial charge is 0.296 e. The molecule has 0 saturated heterocycles. The molecule has 0 N–H and O–H groups in total. The van der Waals surface area contributed by atoms with Crippen LogP contribution in [0, 0.1) is 17.9 Å². The Morgan fingerprint density at radius 1 is 0.739 bits per heavy atom. The molecule has 3 rings (SSSR count). The quantitative estimate of drug-likeness (QED) is 0.396. The van der Waals surface area contributed by atoms with Crippen LogP contribution in [0.2, 0.25) is 0 Å². The summed E-state index contributed by atoms with van der Waals surface area (Å²) >= 11 is 0. The summed E-state index contributed by atoms with van der Waals surface area (Å²) in [4.78, 5) is 0. The Bertz CT molecular complexity index is 746. The van der Waals surface area contributed by atoms with E-state index in [9.17, 15) is 0 Å². The predicted octanol–water partition coefficient (Wildman–Crippen LogP) is 2.04. The van der Waals surface area contributed by atoms with Gasteiger partial charge >= 0.3 is 18.9 Å². The Hall–Kier alpha value is -1.66. The van der Waals surface area contributed by atoms with E-state index < -0.39 is 0 Å². The minimum Gasteiger partial charge on any atom is -0.296 e. The summed E-state index contributed by atoms with van der Waals surface area (Å²) in [6.45, 7) is 9.08. The normalized spacial score (nSPS) is 16.6. The van der Waals surface area contributed by atoms with Crippen molar-refractivity contribution in [1.29, 1.82) is 0 Å². The monoisotopic (exact) mass is 292 g/mol. The summed E-state index contributed by atoms with van der Waals surface area (Å²) in [6.07, 6.45) is 3.41. The molecule has 1 heteroatoms. The molecule has 0 bridgehead atoms. The van der Waals surface area contributed by atoms with Gasteiger partial charge in [-0.15, -0.1) is 5.57 Å². The van der Waals surface area contributed by atoms with Crippen LogP contribution in [0.5, 0.6) is 0 Å². The molecule has 0 aliphatic heterocycles. The maximum atomic E-state index is 3.41. The molecule has 23 heavy (non-hydrogen) atoms. The molecule has 0 aromatic heterocycles. The van der Waals surface area contributed by atoms with Gasteiger partial charge in [0.15, 0.2) is 0 Å². The van der Waals surface area contributed by atoms with E-state index in [4.69, 9.17) is 0 Å². The number of hydrogen-bond donors (Lipinski definition) is 0. The van der Waals surface area contributed by atoms with Gasteiger partial charge in [0.25, 0.3) is 0 Å². The van der Waals surface area contributed by atoms with Crippen molar-refractivity contribution >= 4 is 0 Å². The van der Waals surface area contributed by atoms with Gasteiger partial charge in [-0.2, -0.15) is 6.08 Å². The Labute approximate surface area is 152 Å². The van der Waals surface area contributed by atoms with E-state index in [2.05, 4.69) is 69.9 Å². The molecule has 1 aliphatic rings. The van der Waals surface area contributed by atoms with Crippen LogP contribution < -0.4 is 18.9 Å². The third-order valence-electron chi connectivity index (χ3n) is 4.69. The van der Waals surface area contributed by atoms with Gasteiger partial charge in [0.05, 0.1) is 0 Å². The van der Waals surface area contributed by atoms with Crippen LogP contribution in [-0.4, -0.2) is 0 Å². The van der Waals surface area contributed by atoms with E-state index in [-0.39, 0.29) is 29.7 Å². The number of benzene rings is 2. The summed E-state index contributed by atoms with van der Waals surface area (Å²) < 4.78 is 0. The minimum atomic E-state index is -0.0224. The zero-order chi connectivity index (χ0) is 15.8. The molecule has 0 unspecified atom stereocenters. The number of hydrogen-bond acceptors (Lipinski definition) is 0. The molecule has 0 heterocycles. The van der Waals surface area contributed by atoms with Crippen molar-refractivity contribution in [1.82, 2.24) is 0 Å². The zero-order valence-corrected chi connectivity index (χ0v) is 14.7. The van der Waals surface area contributed by atoms with Gasteiger partial charge in [-0.3, -0.25) is 11.8 Å². The van der Waals surface area contributed by atoms with Gasteiger partial charge in [0, 0.05) is 0 Å². The minimum absolute atomic E-state index is 0. The van der Waals surface area contributed by atoms with Crippen molar-refractivity contribution < 1.29 is 18.9 Å². The van der Waals surface area contributed by atoms with Gasteiger partial charge in [0.2, 0.25) is 0 Å². The number of allylic oxidation sites excluding steroid dienone is 2. The molecule has 110 valence electrons. The van der Waals surface area contributed by atoms with Crippen LogP contribution in [-0.2, 0) is 10.8 Å². The Kier molecular flexibility index (Phi) is 4.96. The first-order valence-corrected chi connectivity index (χ1v) is 7.74. The molecular weight excluding hydrogens is 271 g/mol. The van der Waals surface area contributed by atoms with Crippen LogP contribution in [0.25, 0.3) is 0 Å². The maximum absolute atomic E-state index is 3.41. The van der Waals surface area contributed by atoms with E-state index >= 15 is 0 Å². The molecule has 2 aromatic carbocycles. The van der Waals surface area contributed by atoms with Crippen molar-refractivity contribution in [2.45, 2.75) is 38.5 Å². The van der Waals surface area contributed by atoms with E-state index in [0.29, 0.717) is 0 Å². The molecule has 0 radical (unpaired) electrons. The molecule has 2 aromatic rings. The van der Waals surface area contributed by atoms with E-state index in [1.807, 2.05) is 30.3 Å². The molecule has 1 aliphatic carbocycles. The van der Waals surface area contributed by atoms with Gasteiger partial charge in [-0.25, -0.2) is 0 Å². The van der Waals surface area contributed by atoms with Gasteiger partial charge in [0.1, 0.15) is 0 Å². The van der Waals surface area contributed by atoms with Crippen molar-refractivity contribution in [3.63, 3.8) is 0 Å². The van der Waals surface area contributed by atoms with Crippen molar-refractivity contribution in [2.24, 2.45) is 0 Å². The average Bonchev–Trinajstić information content (AvgIpc) is 2.66. The first-order valence-electron chi connectivity index (χ1n) is 7.74. The SMILES string of the molecule is CC1(C)C(=[C-]C#Cc2ccccc2)C(C)(C)c2ccccc21.[Li+]. The van der Waals surface area contributed by atoms with E-state index in [1.54, 1.807) is 0 Å². The van der Waals surface area contributed by atoms with Gasteiger partial charge < -0.3 is 0 Å².